The fraction of sp³-hybridized carbons (Fsp3) is 0.250. The molecule has 1 N–H and O–H groups in total. The van der Waals surface area contributed by atoms with Gasteiger partial charge in [0.25, 0.3) is 0 Å². The van der Waals surface area contributed by atoms with E-state index in [1.54, 1.807) is 13.8 Å². The second kappa shape index (κ2) is 4.61. The van der Waals surface area contributed by atoms with Crippen LogP contribution in [0.4, 0.5) is 13.2 Å². The highest BCUT2D eigenvalue weighted by Crippen LogP contribution is 2.31. The van der Waals surface area contributed by atoms with Gasteiger partial charge in [-0.15, -0.1) is 0 Å². The van der Waals surface area contributed by atoms with Crippen LogP contribution in [0.2, 0.25) is 0 Å². The van der Waals surface area contributed by atoms with E-state index in [4.69, 9.17) is 5.11 Å². The smallest absolute Gasteiger partial charge is 0.416 e. The van der Waals surface area contributed by atoms with E-state index < -0.39 is 17.7 Å². The number of aliphatic carboxylic acids is 1. The molecule has 0 unspecified atom stereocenters. The van der Waals surface area contributed by atoms with Gasteiger partial charge in [0.15, 0.2) is 0 Å². The third-order valence-electron chi connectivity index (χ3n) is 2.19. The molecule has 0 fully saturated rings. The monoisotopic (exact) mass is 244 g/mol. The maximum absolute atomic E-state index is 12.5. The molecule has 0 aliphatic rings. The Bertz CT molecular complexity index is 469. The standard InChI is InChI=1S/C12H11F3O2/c1-7(2)10(11(16)17)8-4-3-5-9(6-8)12(13,14)15/h3-6H,1-2H3,(H,16,17). The normalized spacial score (nSPS) is 11.1. The van der Waals surface area contributed by atoms with Crippen molar-refractivity contribution in [2.75, 3.05) is 0 Å². The molecular formula is C12H11F3O2. The molecule has 0 bridgehead atoms. The summed E-state index contributed by atoms with van der Waals surface area (Å²) in [5.41, 5.74) is -0.435. The van der Waals surface area contributed by atoms with Crippen LogP contribution in [0.25, 0.3) is 5.57 Å². The molecule has 17 heavy (non-hydrogen) atoms. The van der Waals surface area contributed by atoms with Crippen LogP contribution in [0.15, 0.2) is 29.8 Å². The number of carboxylic acids is 1. The van der Waals surface area contributed by atoms with Gasteiger partial charge in [-0.3, -0.25) is 0 Å². The largest absolute Gasteiger partial charge is 0.478 e. The van der Waals surface area contributed by atoms with Crippen molar-refractivity contribution in [3.63, 3.8) is 0 Å². The van der Waals surface area contributed by atoms with Crippen molar-refractivity contribution >= 4 is 11.5 Å². The van der Waals surface area contributed by atoms with Gasteiger partial charge in [0.1, 0.15) is 0 Å². The van der Waals surface area contributed by atoms with Crippen molar-refractivity contribution in [1.82, 2.24) is 0 Å². The first-order valence-corrected chi connectivity index (χ1v) is 4.82. The molecule has 1 aromatic rings. The minimum atomic E-state index is -4.47. The summed E-state index contributed by atoms with van der Waals surface area (Å²) < 4.78 is 37.4. The van der Waals surface area contributed by atoms with Crippen LogP contribution >= 0.6 is 0 Å². The van der Waals surface area contributed by atoms with Crippen LogP contribution in [0.5, 0.6) is 0 Å². The average Bonchev–Trinajstić information content (AvgIpc) is 2.15. The third kappa shape index (κ3) is 3.09. The summed E-state index contributed by atoms with van der Waals surface area (Å²) in [7, 11) is 0. The van der Waals surface area contributed by atoms with E-state index in [0.29, 0.717) is 5.57 Å². The fourth-order valence-electron chi connectivity index (χ4n) is 1.48. The van der Waals surface area contributed by atoms with Gasteiger partial charge in [0, 0.05) is 0 Å². The van der Waals surface area contributed by atoms with Gasteiger partial charge in [0.2, 0.25) is 0 Å². The van der Waals surface area contributed by atoms with Gasteiger partial charge >= 0.3 is 12.1 Å². The number of alkyl halides is 3. The molecule has 0 heterocycles. The Hall–Kier alpha value is -1.78. The quantitative estimate of drug-likeness (QED) is 0.807. The van der Waals surface area contributed by atoms with Crippen molar-refractivity contribution in [1.29, 1.82) is 0 Å². The van der Waals surface area contributed by atoms with Gasteiger partial charge in [-0.25, -0.2) is 4.79 Å². The maximum Gasteiger partial charge on any atom is 0.416 e. The molecule has 0 amide bonds. The number of benzene rings is 1. The van der Waals surface area contributed by atoms with Crippen LogP contribution < -0.4 is 0 Å². The highest BCUT2D eigenvalue weighted by atomic mass is 19.4. The number of rotatable bonds is 2. The number of hydrogen-bond acceptors (Lipinski definition) is 1. The summed E-state index contributed by atoms with van der Waals surface area (Å²) in [5.74, 6) is -1.23. The predicted octanol–water partition coefficient (Wildman–Crippen LogP) is 3.58. The Labute approximate surface area is 96.4 Å². The van der Waals surface area contributed by atoms with E-state index in [9.17, 15) is 18.0 Å². The Balaban J connectivity index is 3.34. The van der Waals surface area contributed by atoms with Gasteiger partial charge < -0.3 is 5.11 Å². The maximum atomic E-state index is 12.5. The molecule has 0 aromatic heterocycles. The van der Waals surface area contributed by atoms with Crippen LogP contribution in [0.1, 0.15) is 25.0 Å². The van der Waals surface area contributed by atoms with Crippen LogP contribution in [-0.4, -0.2) is 11.1 Å². The Morgan fingerprint density at radius 1 is 1.24 bits per heavy atom. The lowest BCUT2D eigenvalue weighted by molar-refractivity contribution is -0.137. The van der Waals surface area contributed by atoms with Crippen LogP contribution in [0, 0.1) is 0 Å². The number of halogens is 3. The number of hydrogen-bond donors (Lipinski definition) is 1. The SMILES string of the molecule is CC(C)=C(C(=O)O)c1cccc(C(F)(F)F)c1. The Kier molecular flexibility index (Phi) is 3.60. The highest BCUT2D eigenvalue weighted by Gasteiger charge is 2.31. The molecule has 2 nitrogen and oxygen atoms in total. The first-order chi connectivity index (χ1) is 7.73. The topological polar surface area (TPSA) is 37.3 Å². The first kappa shape index (κ1) is 13.3. The summed E-state index contributed by atoms with van der Waals surface area (Å²) in [4.78, 5) is 11.0. The van der Waals surface area contributed by atoms with Gasteiger partial charge in [-0.05, 0) is 31.5 Å². The first-order valence-electron chi connectivity index (χ1n) is 4.82. The van der Waals surface area contributed by atoms with Crippen molar-refractivity contribution in [3.8, 4) is 0 Å². The van der Waals surface area contributed by atoms with E-state index in [1.165, 1.54) is 12.1 Å². The molecule has 0 saturated heterocycles. The highest BCUT2D eigenvalue weighted by molar-refractivity contribution is 6.16. The van der Waals surface area contributed by atoms with Crippen molar-refractivity contribution in [3.05, 3.63) is 41.0 Å². The molecule has 0 saturated carbocycles. The van der Waals surface area contributed by atoms with Gasteiger partial charge in [-0.1, -0.05) is 17.7 Å². The summed E-state index contributed by atoms with van der Waals surface area (Å²) in [6, 6.07) is 4.31. The van der Waals surface area contributed by atoms with E-state index in [2.05, 4.69) is 0 Å². The van der Waals surface area contributed by atoms with Gasteiger partial charge in [0.05, 0.1) is 11.1 Å². The van der Waals surface area contributed by atoms with E-state index >= 15 is 0 Å². The van der Waals surface area contributed by atoms with E-state index in [1.807, 2.05) is 0 Å². The molecule has 1 aromatic carbocycles. The second-order valence-corrected chi connectivity index (χ2v) is 3.76. The third-order valence-corrected chi connectivity index (χ3v) is 2.19. The zero-order valence-electron chi connectivity index (χ0n) is 9.30. The molecule has 1 rings (SSSR count). The van der Waals surface area contributed by atoms with E-state index in [-0.39, 0.29) is 11.1 Å². The summed E-state index contributed by atoms with van der Waals surface area (Å²) >= 11 is 0. The fourth-order valence-corrected chi connectivity index (χ4v) is 1.48. The number of carboxylic acid groups (broad SMARTS) is 1. The van der Waals surface area contributed by atoms with Crippen LogP contribution in [-0.2, 0) is 11.0 Å². The lowest BCUT2D eigenvalue weighted by atomic mass is 9.99. The number of carbonyl (C=O) groups is 1. The lowest BCUT2D eigenvalue weighted by Gasteiger charge is -2.10. The van der Waals surface area contributed by atoms with Crippen LogP contribution in [0.3, 0.4) is 0 Å². The molecule has 0 aliphatic carbocycles. The molecule has 0 aliphatic heterocycles. The van der Waals surface area contributed by atoms with Crippen molar-refractivity contribution in [2.24, 2.45) is 0 Å². The van der Waals surface area contributed by atoms with Gasteiger partial charge in [-0.2, -0.15) is 13.2 Å². The van der Waals surface area contributed by atoms with E-state index in [0.717, 1.165) is 12.1 Å². The molecule has 5 heteroatoms. The minimum absolute atomic E-state index is 0.0623. The minimum Gasteiger partial charge on any atom is -0.478 e. The zero-order chi connectivity index (χ0) is 13.2. The number of allylic oxidation sites excluding steroid dienone is 1. The average molecular weight is 244 g/mol. The molecular weight excluding hydrogens is 233 g/mol. The molecule has 0 radical (unpaired) electrons. The van der Waals surface area contributed by atoms with Crippen molar-refractivity contribution in [2.45, 2.75) is 20.0 Å². The van der Waals surface area contributed by atoms with Crippen molar-refractivity contribution < 1.29 is 23.1 Å². The molecule has 92 valence electrons. The predicted molar refractivity (Wildman–Crippen MR) is 57.3 cm³/mol. The summed E-state index contributed by atoms with van der Waals surface area (Å²) in [5, 5.41) is 8.95. The zero-order valence-corrected chi connectivity index (χ0v) is 9.30. The summed E-state index contributed by atoms with van der Waals surface area (Å²) in [6.07, 6.45) is -4.47. The molecule has 0 atom stereocenters. The summed E-state index contributed by atoms with van der Waals surface area (Å²) in [6.45, 7) is 3.09. The lowest BCUT2D eigenvalue weighted by Crippen LogP contribution is -2.07. The second-order valence-electron chi connectivity index (χ2n) is 3.76. The Morgan fingerprint density at radius 2 is 1.82 bits per heavy atom. The molecule has 0 spiro atoms. The Morgan fingerprint density at radius 3 is 2.24 bits per heavy atom.